The number of hydrogen-bond acceptors (Lipinski definition) is 3. The molecule has 1 N–H and O–H groups in total. The first-order chi connectivity index (χ1) is 9.91. The summed E-state index contributed by atoms with van der Waals surface area (Å²) in [5.41, 5.74) is -0.0771. The molecule has 0 saturated carbocycles. The summed E-state index contributed by atoms with van der Waals surface area (Å²) in [5, 5.41) is 3.42. The smallest absolute Gasteiger partial charge is 0.417 e. The Morgan fingerprint density at radius 2 is 2.00 bits per heavy atom. The molecule has 112 valence electrons. The second-order valence-electron chi connectivity index (χ2n) is 4.20. The zero-order valence-corrected chi connectivity index (χ0v) is 11.8. The molecule has 2 rings (SSSR count). The Morgan fingerprint density at radius 1 is 1.24 bits per heavy atom. The van der Waals surface area contributed by atoms with E-state index in [4.69, 9.17) is 16.3 Å². The minimum atomic E-state index is -4.39. The lowest BCUT2D eigenvalue weighted by Crippen LogP contribution is -2.07. The van der Waals surface area contributed by atoms with Gasteiger partial charge in [0.2, 0.25) is 0 Å². The topological polar surface area (TPSA) is 34.1 Å². The van der Waals surface area contributed by atoms with Crippen LogP contribution in [0.5, 0.6) is 5.75 Å². The van der Waals surface area contributed by atoms with E-state index in [2.05, 4.69) is 10.3 Å². The third kappa shape index (κ3) is 3.78. The van der Waals surface area contributed by atoms with Crippen LogP contribution in [0.15, 0.2) is 36.5 Å². The van der Waals surface area contributed by atoms with E-state index in [1.165, 1.54) is 13.2 Å². The minimum absolute atomic E-state index is 0.293. The van der Waals surface area contributed by atoms with Gasteiger partial charge in [-0.1, -0.05) is 17.7 Å². The highest BCUT2D eigenvalue weighted by atomic mass is 35.5. The number of aromatic nitrogens is 1. The number of alkyl halides is 3. The van der Waals surface area contributed by atoms with Gasteiger partial charge in [-0.25, -0.2) is 4.98 Å². The summed E-state index contributed by atoms with van der Waals surface area (Å²) in [6.07, 6.45) is -3.61. The minimum Gasteiger partial charge on any atom is -0.496 e. The molecule has 0 radical (unpaired) electrons. The molecule has 7 heteroatoms. The van der Waals surface area contributed by atoms with Crippen LogP contribution in [0, 0.1) is 0 Å². The zero-order chi connectivity index (χ0) is 15.5. The van der Waals surface area contributed by atoms with Crippen molar-refractivity contribution < 1.29 is 17.9 Å². The lowest BCUT2D eigenvalue weighted by molar-refractivity contribution is -0.137. The van der Waals surface area contributed by atoms with Gasteiger partial charge in [-0.05, 0) is 24.3 Å². The van der Waals surface area contributed by atoms with Crippen LogP contribution in [-0.2, 0) is 12.7 Å². The average Bonchev–Trinajstić information content (AvgIpc) is 2.45. The zero-order valence-electron chi connectivity index (χ0n) is 11.0. The Bertz CT molecular complexity index is 615. The summed E-state index contributed by atoms with van der Waals surface area (Å²) in [6.45, 7) is 0.293. The highest BCUT2D eigenvalue weighted by Crippen LogP contribution is 2.29. The van der Waals surface area contributed by atoms with Gasteiger partial charge in [0.1, 0.15) is 11.6 Å². The monoisotopic (exact) mass is 316 g/mol. The number of methoxy groups -OCH3 is 1. The van der Waals surface area contributed by atoms with Gasteiger partial charge in [-0.15, -0.1) is 0 Å². The summed E-state index contributed by atoms with van der Waals surface area (Å²) in [6, 6.07) is 7.46. The number of pyridine rings is 1. The molecule has 21 heavy (non-hydrogen) atoms. The van der Waals surface area contributed by atoms with Crippen molar-refractivity contribution in [1.29, 1.82) is 0 Å². The molecule has 1 heterocycles. The van der Waals surface area contributed by atoms with Crippen molar-refractivity contribution in [1.82, 2.24) is 4.98 Å². The Kier molecular flexibility index (Phi) is 4.57. The van der Waals surface area contributed by atoms with Crippen LogP contribution in [-0.4, -0.2) is 12.1 Å². The SMILES string of the molecule is COc1cccc(Cl)c1CNc1ccc(C(F)(F)F)cn1. The van der Waals surface area contributed by atoms with Crippen molar-refractivity contribution in [2.24, 2.45) is 0 Å². The summed E-state index contributed by atoms with van der Waals surface area (Å²) < 4.78 is 42.5. The van der Waals surface area contributed by atoms with Crippen LogP contribution in [0.3, 0.4) is 0 Å². The van der Waals surface area contributed by atoms with Crippen molar-refractivity contribution in [3.63, 3.8) is 0 Å². The van der Waals surface area contributed by atoms with Crippen LogP contribution >= 0.6 is 11.6 Å². The van der Waals surface area contributed by atoms with E-state index in [1.54, 1.807) is 18.2 Å². The first-order valence-corrected chi connectivity index (χ1v) is 6.38. The molecule has 0 fully saturated rings. The normalized spacial score (nSPS) is 11.3. The van der Waals surface area contributed by atoms with Crippen LogP contribution < -0.4 is 10.1 Å². The van der Waals surface area contributed by atoms with Crippen molar-refractivity contribution in [3.8, 4) is 5.75 Å². The van der Waals surface area contributed by atoms with Gasteiger partial charge in [0.05, 0.1) is 12.7 Å². The lowest BCUT2D eigenvalue weighted by atomic mass is 10.2. The van der Waals surface area contributed by atoms with Crippen molar-refractivity contribution in [3.05, 3.63) is 52.7 Å². The van der Waals surface area contributed by atoms with Crippen LogP contribution in [0.25, 0.3) is 0 Å². The summed E-state index contributed by atoms with van der Waals surface area (Å²) in [5.74, 6) is 0.923. The van der Waals surface area contributed by atoms with E-state index in [1.807, 2.05) is 0 Å². The Morgan fingerprint density at radius 3 is 2.57 bits per heavy atom. The van der Waals surface area contributed by atoms with Crippen molar-refractivity contribution in [2.45, 2.75) is 12.7 Å². The first-order valence-electron chi connectivity index (χ1n) is 6.00. The molecule has 2 aromatic rings. The van der Waals surface area contributed by atoms with E-state index in [9.17, 15) is 13.2 Å². The molecular weight excluding hydrogens is 305 g/mol. The molecule has 0 aliphatic heterocycles. The van der Waals surface area contributed by atoms with Gasteiger partial charge in [0.25, 0.3) is 0 Å². The molecule has 0 unspecified atom stereocenters. The third-order valence-electron chi connectivity index (χ3n) is 2.83. The maximum absolute atomic E-state index is 12.4. The van der Waals surface area contributed by atoms with E-state index in [0.717, 1.165) is 12.3 Å². The molecule has 0 saturated heterocycles. The maximum atomic E-state index is 12.4. The predicted octanol–water partition coefficient (Wildman–Crippen LogP) is 4.37. The molecule has 0 atom stereocenters. The summed E-state index contributed by atoms with van der Waals surface area (Å²) >= 11 is 6.07. The lowest BCUT2D eigenvalue weighted by Gasteiger charge is -2.12. The fourth-order valence-electron chi connectivity index (χ4n) is 1.75. The number of rotatable bonds is 4. The van der Waals surface area contributed by atoms with Crippen LogP contribution in [0.4, 0.5) is 19.0 Å². The predicted molar refractivity (Wildman–Crippen MR) is 74.6 cm³/mol. The standard InChI is InChI=1S/C14H12ClF3N2O/c1-21-12-4-2-3-11(15)10(12)8-20-13-6-5-9(7-19-13)14(16,17)18/h2-7H,8H2,1H3,(H,19,20). The molecule has 1 aromatic heterocycles. The van der Waals surface area contributed by atoms with Crippen LogP contribution in [0.2, 0.25) is 5.02 Å². The highest BCUT2D eigenvalue weighted by molar-refractivity contribution is 6.31. The molecule has 0 aliphatic carbocycles. The van der Waals surface area contributed by atoms with E-state index < -0.39 is 11.7 Å². The maximum Gasteiger partial charge on any atom is 0.417 e. The fourth-order valence-corrected chi connectivity index (χ4v) is 1.98. The summed E-state index contributed by atoms with van der Waals surface area (Å²) in [7, 11) is 1.52. The van der Waals surface area contributed by atoms with Gasteiger partial charge < -0.3 is 10.1 Å². The van der Waals surface area contributed by atoms with Gasteiger partial charge in [0.15, 0.2) is 0 Å². The molecule has 0 amide bonds. The van der Waals surface area contributed by atoms with Gasteiger partial charge in [-0.2, -0.15) is 13.2 Å². The van der Waals surface area contributed by atoms with Gasteiger partial charge in [-0.3, -0.25) is 0 Å². The molecule has 3 nitrogen and oxygen atoms in total. The van der Waals surface area contributed by atoms with Gasteiger partial charge in [0, 0.05) is 23.3 Å². The molecule has 0 aliphatic rings. The summed E-state index contributed by atoms with van der Waals surface area (Å²) in [4.78, 5) is 3.73. The molecule has 0 bridgehead atoms. The van der Waals surface area contributed by atoms with E-state index in [0.29, 0.717) is 28.7 Å². The Hall–Kier alpha value is -1.95. The van der Waals surface area contributed by atoms with E-state index in [-0.39, 0.29) is 0 Å². The first kappa shape index (κ1) is 15.4. The molecule has 1 aromatic carbocycles. The van der Waals surface area contributed by atoms with E-state index >= 15 is 0 Å². The van der Waals surface area contributed by atoms with Crippen LogP contribution in [0.1, 0.15) is 11.1 Å². The van der Waals surface area contributed by atoms with Crippen molar-refractivity contribution >= 4 is 17.4 Å². The van der Waals surface area contributed by atoms with Crippen molar-refractivity contribution in [2.75, 3.05) is 12.4 Å². The Balaban J connectivity index is 2.10. The average molecular weight is 317 g/mol. The Labute approximate surface area is 124 Å². The largest absolute Gasteiger partial charge is 0.496 e. The number of anilines is 1. The fraction of sp³-hybridized carbons (Fsp3) is 0.214. The number of ether oxygens (including phenoxy) is 1. The number of nitrogens with one attached hydrogen (secondary N) is 1. The number of hydrogen-bond donors (Lipinski definition) is 1. The number of nitrogens with zero attached hydrogens (tertiary/aromatic N) is 1. The second-order valence-corrected chi connectivity index (χ2v) is 4.61. The number of halogens is 4. The number of benzene rings is 1. The molecule has 0 spiro atoms. The molecular formula is C14H12ClF3N2O. The van der Waals surface area contributed by atoms with Gasteiger partial charge >= 0.3 is 6.18 Å². The second kappa shape index (κ2) is 6.22. The quantitative estimate of drug-likeness (QED) is 0.909. The third-order valence-corrected chi connectivity index (χ3v) is 3.19. The highest BCUT2D eigenvalue weighted by Gasteiger charge is 2.30.